The highest BCUT2D eigenvalue weighted by atomic mass is 16.5. The van der Waals surface area contributed by atoms with Crippen LogP contribution in [0.25, 0.3) is 0 Å². The van der Waals surface area contributed by atoms with Crippen LogP contribution in [0.15, 0.2) is 12.1 Å². The first-order valence-corrected chi connectivity index (χ1v) is 4.24. The lowest BCUT2D eigenvalue weighted by Gasteiger charge is -2.11. The SMILES string of the molecule is COc1cc(B(O)O)cc(C)c1CO. The number of rotatable bonds is 3. The van der Waals surface area contributed by atoms with Crippen LogP contribution >= 0.6 is 0 Å². The van der Waals surface area contributed by atoms with E-state index in [2.05, 4.69) is 0 Å². The molecule has 1 rings (SSSR count). The largest absolute Gasteiger partial charge is 0.496 e. The summed E-state index contributed by atoms with van der Waals surface area (Å²) in [5, 5.41) is 27.0. The van der Waals surface area contributed by atoms with Gasteiger partial charge in [0, 0.05) is 5.56 Å². The Bertz CT molecular complexity index is 325. The van der Waals surface area contributed by atoms with Crippen molar-refractivity contribution in [1.29, 1.82) is 0 Å². The van der Waals surface area contributed by atoms with Crippen LogP contribution in [-0.4, -0.2) is 29.4 Å². The van der Waals surface area contributed by atoms with Crippen molar-refractivity contribution in [3.63, 3.8) is 0 Å². The van der Waals surface area contributed by atoms with Gasteiger partial charge in [-0.2, -0.15) is 0 Å². The van der Waals surface area contributed by atoms with Gasteiger partial charge in [0.2, 0.25) is 0 Å². The van der Waals surface area contributed by atoms with Crippen LogP contribution in [0.3, 0.4) is 0 Å². The first-order chi connectivity index (χ1) is 6.60. The highest BCUT2D eigenvalue weighted by molar-refractivity contribution is 6.58. The molecule has 0 aliphatic carbocycles. The zero-order valence-corrected chi connectivity index (χ0v) is 8.19. The van der Waals surface area contributed by atoms with Crippen molar-refractivity contribution >= 4 is 12.6 Å². The van der Waals surface area contributed by atoms with Crippen LogP contribution in [0.5, 0.6) is 5.75 Å². The molecule has 0 bridgehead atoms. The van der Waals surface area contributed by atoms with Crippen LogP contribution in [0.2, 0.25) is 0 Å². The van der Waals surface area contributed by atoms with Gasteiger partial charge in [0.25, 0.3) is 0 Å². The van der Waals surface area contributed by atoms with Crippen molar-refractivity contribution in [2.24, 2.45) is 0 Å². The quantitative estimate of drug-likeness (QED) is 0.552. The molecule has 0 fully saturated rings. The number of hydrogen-bond donors (Lipinski definition) is 3. The third-order valence-electron chi connectivity index (χ3n) is 2.13. The standard InChI is InChI=1S/C9H13BO4/c1-6-3-7(10(12)13)4-9(14-2)8(6)5-11/h3-4,11-13H,5H2,1-2H3. The number of aliphatic hydroxyl groups excluding tert-OH is 1. The smallest absolute Gasteiger partial charge is 0.488 e. The number of aryl methyl sites for hydroxylation is 1. The summed E-state index contributed by atoms with van der Waals surface area (Å²) in [5.74, 6) is 0.468. The average molecular weight is 196 g/mol. The minimum atomic E-state index is -1.52. The van der Waals surface area contributed by atoms with E-state index in [9.17, 15) is 0 Å². The summed E-state index contributed by atoms with van der Waals surface area (Å²) in [7, 11) is -0.0445. The number of benzene rings is 1. The molecule has 0 aliphatic heterocycles. The second kappa shape index (κ2) is 4.46. The predicted molar refractivity (Wildman–Crippen MR) is 53.5 cm³/mol. The van der Waals surface area contributed by atoms with Gasteiger partial charge in [-0.3, -0.25) is 0 Å². The molecule has 0 spiro atoms. The van der Waals surface area contributed by atoms with Gasteiger partial charge in [0.1, 0.15) is 5.75 Å². The Morgan fingerprint density at radius 2 is 2.00 bits per heavy atom. The fourth-order valence-corrected chi connectivity index (χ4v) is 1.35. The molecule has 5 heteroatoms. The summed E-state index contributed by atoms with van der Waals surface area (Å²) in [6, 6.07) is 3.11. The van der Waals surface area contributed by atoms with Gasteiger partial charge in [0.15, 0.2) is 0 Å². The van der Waals surface area contributed by atoms with E-state index in [-0.39, 0.29) is 6.61 Å². The summed E-state index contributed by atoms with van der Waals surface area (Å²) in [6.45, 7) is 1.65. The predicted octanol–water partition coefficient (Wildman–Crippen LogP) is -0.824. The maximum Gasteiger partial charge on any atom is 0.488 e. The Morgan fingerprint density at radius 3 is 2.43 bits per heavy atom. The lowest BCUT2D eigenvalue weighted by atomic mass is 9.78. The topological polar surface area (TPSA) is 69.9 Å². The molecule has 76 valence electrons. The van der Waals surface area contributed by atoms with Gasteiger partial charge in [-0.05, 0) is 24.0 Å². The van der Waals surface area contributed by atoms with Crippen LogP contribution in [0.4, 0.5) is 0 Å². The molecular weight excluding hydrogens is 183 g/mol. The summed E-state index contributed by atoms with van der Waals surface area (Å²) in [4.78, 5) is 0. The second-order valence-corrected chi connectivity index (χ2v) is 3.05. The van der Waals surface area contributed by atoms with E-state index in [1.165, 1.54) is 13.2 Å². The molecule has 14 heavy (non-hydrogen) atoms. The Balaban J connectivity index is 3.24. The summed E-state index contributed by atoms with van der Waals surface area (Å²) < 4.78 is 5.03. The van der Waals surface area contributed by atoms with E-state index in [0.717, 1.165) is 5.56 Å². The maximum absolute atomic E-state index is 9.05. The molecule has 0 aromatic heterocycles. The fraction of sp³-hybridized carbons (Fsp3) is 0.333. The molecular formula is C9H13BO4. The first kappa shape index (κ1) is 11.0. The lowest BCUT2D eigenvalue weighted by Crippen LogP contribution is -2.30. The monoisotopic (exact) mass is 196 g/mol. The Hall–Kier alpha value is -1.04. The Morgan fingerprint density at radius 1 is 1.36 bits per heavy atom. The van der Waals surface area contributed by atoms with E-state index < -0.39 is 7.12 Å². The zero-order valence-electron chi connectivity index (χ0n) is 8.19. The molecule has 0 saturated heterocycles. The zero-order chi connectivity index (χ0) is 10.7. The molecule has 1 aromatic rings. The van der Waals surface area contributed by atoms with Crippen LogP contribution in [0, 0.1) is 6.92 Å². The second-order valence-electron chi connectivity index (χ2n) is 3.05. The summed E-state index contributed by atoms with van der Waals surface area (Å²) >= 11 is 0. The average Bonchev–Trinajstić information content (AvgIpc) is 2.16. The Kier molecular flexibility index (Phi) is 3.52. The fourth-order valence-electron chi connectivity index (χ4n) is 1.35. The van der Waals surface area contributed by atoms with Crippen molar-refractivity contribution < 1.29 is 19.9 Å². The molecule has 1 aromatic carbocycles. The normalized spacial score (nSPS) is 10.1. The number of hydrogen-bond acceptors (Lipinski definition) is 4. The third kappa shape index (κ3) is 2.06. The van der Waals surface area contributed by atoms with Crippen LogP contribution < -0.4 is 10.2 Å². The van der Waals surface area contributed by atoms with Gasteiger partial charge >= 0.3 is 7.12 Å². The molecule has 0 atom stereocenters. The third-order valence-corrected chi connectivity index (χ3v) is 2.13. The van der Waals surface area contributed by atoms with E-state index in [1.807, 2.05) is 0 Å². The molecule has 0 radical (unpaired) electrons. The van der Waals surface area contributed by atoms with E-state index in [0.29, 0.717) is 16.8 Å². The lowest BCUT2D eigenvalue weighted by molar-refractivity contribution is 0.273. The van der Waals surface area contributed by atoms with Crippen molar-refractivity contribution in [2.75, 3.05) is 7.11 Å². The van der Waals surface area contributed by atoms with Crippen LogP contribution in [0.1, 0.15) is 11.1 Å². The van der Waals surface area contributed by atoms with Crippen molar-refractivity contribution in [1.82, 2.24) is 0 Å². The van der Waals surface area contributed by atoms with E-state index in [1.54, 1.807) is 13.0 Å². The van der Waals surface area contributed by atoms with Gasteiger partial charge in [-0.1, -0.05) is 6.07 Å². The van der Waals surface area contributed by atoms with Crippen molar-refractivity contribution in [3.8, 4) is 5.75 Å². The van der Waals surface area contributed by atoms with Crippen molar-refractivity contribution in [2.45, 2.75) is 13.5 Å². The minimum Gasteiger partial charge on any atom is -0.496 e. The minimum absolute atomic E-state index is 0.128. The van der Waals surface area contributed by atoms with Crippen molar-refractivity contribution in [3.05, 3.63) is 23.3 Å². The van der Waals surface area contributed by atoms with Gasteiger partial charge in [-0.25, -0.2) is 0 Å². The highest BCUT2D eigenvalue weighted by Crippen LogP contribution is 2.20. The molecule has 0 unspecified atom stereocenters. The number of ether oxygens (including phenoxy) is 1. The molecule has 0 amide bonds. The molecule has 0 aliphatic rings. The van der Waals surface area contributed by atoms with Gasteiger partial charge < -0.3 is 19.9 Å². The van der Waals surface area contributed by atoms with E-state index in [4.69, 9.17) is 19.9 Å². The molecule has 0 saturated carbocycles. The number of methoxy groups -OCH3 is 1. The maximum atomic E-state index is 9.05. The van der Waals surface area contributed by atoms with Crippen LogP contribution in [-0.2, 0) is 6.61 Å². The molecule has 0 heterocycles. The highest BCUT2D eigenvalue weighted by Gasteiger charge is 2.15. The van der Waals surface area contributed by atoms with Gasteiger partial charge in [0.05, 0.1) is 13.7 Å². The molecule has 4 nitrogen and oxygen atoms in total. The summed E-state index contributed by atoms with van der Waals surface area (Å²) in [6.07, 6.45) is 0. The molecule has 3 N–H and O–H groups in total. The number of aliphatic hydroxyl groups is 1. The van der Waals surface area contributed by atoms with E-state index >= 15 is 0 Å². The Labute approximate surface area is 82.9 Å². The summed E-state index contributed by atoms with van der Waals surface area (Å²) in [5.41, 5.74) is 1.79. The van der Waals surface area contributed by atoms with Gasteiger partial charge in [-0.15, -0.1) is 0 Å². The first-order valence-electron chi connectivity index (χ1n) is 4.24.